The van der Waals surface area contributed by atoms with E-state index in [1.54, 1.807) is 23.7 Å². The number of carboxylic acids is 1. The third-order valence-corrected chi connectivity index (χ3v) is 7.02. The maximum absolute atomic E-state index is 12.3. The van der Waals surface area contributed by atoms with Gasteiger partial charge in [0.05, 0.1) is 23.9 Å². The van der Waals surface area contributed by atoms with Crippen LogP contribution < -0.4 is 10.1 Å². The maximum atomic E-state index is 12.3. The molecule has 1 aliphatic heterocycles. The monoisotopic (exact) mass is 542 g/mol. The van der Waals surface area contributed by atoms with Crippen LogP contribution in [0, 0.1) is 17.8 Å². The second-order valence-electron chi connectivity index (χ2n) is 9.94. The molecular formula is C27H29F3N6O3. The van der Waals surface area contributed by atoms with Gasteiger partial charge in [0, 0.05) is 32.9 Å². The Morgan fingerprint density at radius 3 is 2.59 bits per heavy atom. The van der Waals surface area contributed by atoms with E-state index in [9.17, 15) is 18.0 Å². The smallest absolute Gasteiger partial charge is 0.476 e. The van der Waals surface area contributed by atoms with Crippen molar-refractivity contribution in [3.05, 3.63) is 78.1 Å². The molecule has 2 unspecified atom stereocenters. The molecule has 39 heavy (non-hydrogen) atoms. The van der Waals surface area contributed by atoms with Gasteiger partial charge in [0.25, 0.3) is 0 Å². The predicted octanol–water partition coefficient (Wildman–Crippen LogP) is 4.05. The number of ether oxygens (including phenoxy) is 1. The minimum atomic E-state index is -4.66. The average Bonchev–Trinajstić information content (AvgIpc) is 3.30. The zero-order valence-electron chi connectivity index (χ0n) is 21.2. The Balaban J connectivity index is 0.000000292. The van der Waals surface area contributed by atoms with Gasteiger partial charge in [-0.25, -0.2) is 14.8 Å². The highest BCUT2D eigenvalue weighted by molar-refractivity contribution is 5.84. The van der Waals surface area contributed by atoms with E-state index in [-0.39, 0.29) is 11.4 Å². The summed E-state index contributed by atoms with van der Waals surface area (Å²) in [7, 11) is 1.72. The van der Waals surface area contributed by atoms with Gasteiger partial charge in [0.2, 0.25) is 0 Å². The summed E-state index contributed by atoms with van der Waals surface area (Å²) in [5.41, 5.74) is 2.94. The molecule has 0 spiro atoms. The first kappa shape index (κ1) is 26.7. The topological polar surface area (TPSA) is 108 Å². The van der Waals surface area contributed by atoms with Crippen LogP contribution in [0.4, 0.5) is 13.2 Å². The van der Waals surface area contributed by atoms with Crippen molar-refractivity contribution in [2.24, 2.45) is 24.8 Å². The highest BCUT2D eigenvalue weighted by Crippen LogP contribution is 2.51. The molecule has 1 aliphatic carbocycles. The molecule has 2 fully saturated rings. The summed E-state index contributed by atoms with van der Waals surface area (Å²) in [5.74, 6) is 1.88. The fraction of sp³-hybridized carbons (Fsp3) is 0.370. The summed E-state index contributed by atoms with van der Waals surface area (Å²) in [5, 5.41) is 11.7. The van der Waals surface area contributed by atoms with Crippen LogP contribution in [0.1, 0.15) is 21.9 Å². The van der Waals surface area contributed by atoms with Gasteiger partial charge in [-0.05, 0) is 54.1 Å². The molecule has 1 saturated heterocycles. The largest absolute Gasteiger partial charge is 0.573 e. The molecule has 3 heterocycles. The maximum Gasteiger partial charge on any atom is 0.573 e. The van der Waals surface area contributed by atoms with Gasteiger partial charge in [-0.3, -0.25) is 4.90 Å². The molecule has 2 aliphatic rings. The number of piperidine rings is 1. The number of hydrogen-bond acceptors (Lipinski definition) is 6. The summed E-state index contributed by atoms with van der Waals surface area (Å²) in [6, 6.07) is 14.2. The number of aromatic amines is 1. The molecule has 6 rings (SSSR count). The lowest BCUT2D eigenvalue weighted by atomic mass is 10.2. The number of benzene rings is 2. The van der Waals surface area contributed by atoms with Gasteiger partial charge in [-0.2, -0.15) is 0 Å². The number of aromatic nitrogens is 4. The van der Waals surface area contributed by atoms with E-state index in [0.717, 1.165) is 48.6 Å². The van der Waals surface area contributed by atoms with Gasteiger partial charge in [0.15, 0.2) is 5.69 Å². The third kappa shape index (κ3) is 6.95. The van der Waals surface area contributed by atoms with E-state index in [1.807, 2.05) is 24.3 Å². The SMILES string of the molecule is Cn1cnc(C(=O)O)c1.FC(F)(F)Oc1cccc(CNCC2C3CN(Cc4nc5ccccc5[nH]4)CC23)c1. The normalized spacial score (nSPS) is 20.4. The van der Waals surface area contributed by atoms with Crippen LogP contribution in [0.5, 0.6) is 5.75 Å². The summed E-state index contributed by atoms with van der Waals surface area (Å²) in [6.45, 7) is 4.41. The van der Waals surface area contributed by atoms with E-state index < -0.39 is 12.3 Å². The van der Waals surface area contributed by atoms with Crippen LogP contribution in [0.3, 0.4) is 0 Å². The Morgan fingerprint density at radius 2 is 1.95 bits per heavy atom. The lowest BCUT2D eigenvalue weighted by Crippen LogP contribution is -2.27. The Hall–Kier alpha value is -3.90. The summed E-state index contributed by atoms with van der Waals surface area (Å²) in [4.78, 5) is 24.2. The standard InChI is InChI=1S/C22H23F3N4O.C5H6N2O2/c23-22(24,25)30-15-5-3-4-14(8-15)9-26-10-16-17-11-29(12-18(16)17)13-21-27-19-6-1-2-7-20(19)28-21;1-7-2-4(5(8)9)6-3-7/h1-8,16-18,26H,9-13H2,(H,27,28);2-3H,1H3,(H,8,9). The fourth-order valence-electron chi connectivity index (χ4n) is 5.22. The van der Waals surface area contributed by atoms with Crippen LogP contribution in [0.15, 0.2) is 61.1 Å². The molecule has 1 saturated carbocycles. The van der Waals surface area contributed by atoms with Crippen molar-refractivity contribution in [2.75, 3.05) is 19.6 Å². The number of rotatable bonds is 8. The average molecular weight is 543 g/mol. The van der Waals surface area contributed by atoms with Crippen LogP contribution >= 0.6 is 0 Å². The first-order chi connectivity index (χ1) is 18.6. The molecule has 2 atom stereocenters. The number of aromatic carboxylic acids is 1. The summed E-state index contributed by atoms with van der Waals surface area (Å²) >= 11 is 0. The molecule has 206 valence electrons. The number of nitrogens with zero attached hydrogens (tertiary/aromatic N) is 4. The number of para-hydroxylation sites is 2. The summed E-state index contributed by atoms with van der Waals surface area (Å²) in [6.07, 6.45) is -1.77. The van der Waals surface area contributed by atoms with E-state index in [0.29, 0.717) is 24.3 Å². The Kier molecular flexibility index (Phi) is 7.58. The van der Waals surface area contributed by atoms with Gasteiger partial charge in [0.1, 0.15) is 11.6 Å². The van der Waals surface area contributed by atoms with Gasteiger partial charge in [-0.1, -0.05) is 24.3 Å². The molecule has 0 amide bonds. The molecule has 2 aromatic carbocycles. The van der Waals surface area contributed by atoms with Crippen molar-refractivity contribution in [3.8, 4) is 5.75 Å². The van der Waals surface area contributed by atoms with Crippen LogP contribution in [-0.2, 0) is 20.1 Å². The molecule has 3 N–H and O–H groups in total. The number of fused-ring (bicyclic) bond motifs is 2. The minimum Gasteiger partial charge on any atom is -0.476 e. The minimum absolute atomic E-state index is 0.0810. The van der Waals surface area contributed by atoms with E-state index >= 15 is 0 Å². The number of carboxylic acid groups (broad SMARTS) is 1. The highest BCUT2D eigenvalue weighted by atomic mass is 19.4. The molecule has 12 heteroatoms. The lowest BCUT2D eigenvalue weighted by molar-refractivity contribution is -0.274. The first-order valence-electron chi connectivity index (χ1n) is 12.6. The van der Waals surface area contributed by atoms with E-state index in [2.05, 4.69) is 29.9 Å². The number of halogens is 3. The number of carbonyl (C=O) groups is 1. The number of likely N-dealkylation sites (tertiary alicyclic amines) is 1. The van der Waals surface area contributed by atoms with Crippen molar-refractivity contribution in [1.29, 1.82) is 0 Å². The van der Waals surface area contributed by atoms with E-state index in [4.69, 9.17) is 5.11 Å². The van der Waals surface area contributed by atoms with Gasteiger partial charge in [-0.15, -0.1) is 13.2 Å². The molecule has 2 aromatic heterocycles. The fourth-order valence-corrected chi connectivity index (χ4v) is 5.22. The summed E-state index contributed by atoms with van der Waals surface area (Å²) < 4.78 is 42.6. The van der Waals surface area contributed by atoms with Crippen LogP contribution in [0.2, 0.25) is 0 Å². The Bertz CT molecular complexity index is 1390. The van der Waals surface area contributed by atoms with Crippen molar-refractivity contribution in [1.82, 2.24) is 29.7 Å². The second-order valence-corrected chi connectivity index (χ2v) is 9.94. The third-order valence-electron chi connectivity index (χ3n) is 7.02. The zero-order valence-corrected chi connectivity index (χ0v) is 21.2. The predicted molar refractivity (Wildman–Crippen MR) is 137 cm³/mol. The molecule has 0 bridgehead atoms. The van der Waals surface area contributed by atoms with E-state index in [1.165, 1.54) is 24.7 Å². The molecular weight excluding hydrogens is 513 g/mol. The van der Waals surface area contributed by atoms with Crippen LogP contribution in [0.25, 0.3) is 11.0 Å². The molecule has 9 nitrogen and oxygen atoms in total. The highest BCUT2D eigenvalue weighted by Gasteiger charge is 2.54. The number of alkyl halides is 3. The van der Waals surface area contributed by atoms with Crippen molar-refractivity contribution in [2.45, 2.75) is 19.5 Å². The number of nitrogens with one attached hydrogen (secondary N) is 2. The lowest BCUT2D eigenvalue weighted by Gasteiger charge is -2.18. The number of aryl methyl sites for hydroxylation is 1. The molecule has 0 radical (unpaired) electrons. The quantitative estimate of drug-likeness (QED) is 0.308. The first-order valence-corrected chi connectivity index (χ1v) is 12.6. The van der Waals surface area contributed by atoms with Crippen molar-refractivity contribution in [3.63, 3.8) is 0 Å². The van der Waals surface area contributed by atoms with Crippen molar-refractivity contribution < 1.29 is 27.8 Å². The molecule has 4 aromatic rings. The number of H-pyrrole nitrogens is 1. The second kappa shape index (κ2) is 11.1. The van der Waals surface area contributed by atoms with Gasteiger partial charge >= 0.3 is 12.3 Å². The Labute approximate surface area is 222 Å². The number of hydrogen-bond donors (Lipinski definition) is 3. The van der Waals surface area contributed by atoms with Gasteiger partial charge < -0.3 is 24.7 Å². The number of imidazole rings is 2. The Morgan fingerprint density at radius 1 is 1.18 bits per heavy atom. The van der Waals surface area contributed by atoms with Crippen molar-refractivity contribution >= 4 is 17.0 Å². The zero-order chi connectivity index (χ0) is 27.6. The van der Waals surface area contributed by atoms with Crippen LogP contribution in [-0.4, -0.2) is 61.5 Å².